The normalized spacial score (nSPS) is 11.2. The molecule has 0 fully saturated rings. The number of aldehydes is 1. The predicted octanol–water partition coefficient (Wildman–Crippen LogP) is 1.91. The summed E-state index contributed by atoms with van der Waals surface area (Å²) in [7, 11) is 0. The zero-order valence-electron chi connectivity index (χ0n) is 8.31. The Labute approximate surface area is 75.0 Å². The SMILES string of the molecule is C=C(C=O)CCCNC(C)(C)C. The lowest BCUT2D eigenvalue weighted by Crippen LogP contribution is -2.36. The van der Waals surface area contributed by atoms with E-state index in [9.17, 15) is 4.79 Å². The van der Waals surface area contributed by atoms with Crippen LogP contribution in [0.15, 0.2) is 12.2 Å². The molecule has 0 radical (unpaired) electrons. The molecule has 2 heteroatoms. The van der Waals surface area contributed by atoms with E-state index in [0.29, 0.717) is 5.57 Å². The molecule has 0 aromatic rings. The predicted molar refractivity (Wildman–Crippen MR) is 52.2 cm³/mol. The number of hydrogen-bond acceptors (Lipinski definition) is 2. The van der Waals surface area contributed by atoms with Gasteiger partial charge >= 0.3 is 0 Å². The lowest BCUT2D eigenvalue weighted by atomic mass is 10.1. The van der Waals surface area contributed by atoms with Gasteiger partial charge in [0.2, 0.25) is 0 Å². The van der Waals surface area contributed by atoms with E-state index in [-0.39, 0.29) is 5.54 Å². The zero-order valence-corrected chi connectivity index (χ0v) is 8.31. The van der Waals surface area contributed by atoms with Crippen molar-refractivity contribution in [3.05, 3.63) is 12.2 Å². The fourth-order valence-electron chi connectivity index (χ4n) is 0.838. The van der Waals surface area contributed by atoms with Crippen molar-refractivity contribution >= 4 is 6.29 Å². The van der Waals surface area contributed by atoms with Gasteiger partial charge in [-0.2, -0.15) is 0 Å². The van der Waals surface area contributed by atoms with Crippen molar-refractivity contribution in [1.82, 2.24) is 5.32 Å². The van der Waals surface area contributed by atoms with Gasteiger partial charge in [0, 0.05) is 5.54 Å². The molecule has 0 aromatic carbocycles. The highest BCUT2D eigenvalue weighted by atomic mass is 16.1. The Bertz CT molecular complexity index is 156. The van der Waals surface area contributed by atoms with Crippen molar-refractivity contribution in [2.24, 2.45) is 0 Å². The van der Waals surface area contributed by atoms with Crippen LogP contribution in [0.1, 0.15) is 33.6 Å². The maximum atomic E-state index is 10.2. The van der Waals surface area contributed by atoms with Crippen molar-refractivity contribution in [3.8, 4) is 0 Å². The first-order valence-corrected chi connectivity index (χ1v) is 4.34. The van der Waals surface area contributed by atoms with Crippen LogP contribution in [0.2, 0.25) is 0 Å². The molecule has 0 saturated carbocycles. The van der Waals surface area contributed by atoms with Crippen LogP contribution >= 0.6 is 0 Å². The maximum absolute atomic E-state index is 10.2. The number of nitrogens with one attached hydrogen (secondary N) is 1. The van der Waals surface area contributed by atoms with E-state index in [0.717, 1.165) is 25.7 Å². The third kappa shape index (κ3) is 7.48. The molecule has 0 heterocycles. The van der Waals surface area contributed by atoms with E-state index < -0.39 is 0 Å². The van der Waals surface area contributed by atoms with Crippen molar-refractivity contribution in [2.45, 2.75) is 39.2 Å². The first kappa shape index (κ1) is 11.4. The van der Waals surface area contributed by atoms with Crippen LogP contribution in [-0.2, 0) is 4.79 Å². The lowest BCUT2D eigenvalue weighted by molar-refractivity contribution is -0.105. The van der Waals surface area contributed by atoms with Crippen LogP contribution in [0.4, 0.5) is 0 Å². The molecule has 0 unspecified atom stereocenters. The monoisotopic (exact) mass is 169 g/mol. The van der Waals surface area contributed by atoms with Gasteiger partial charge in [-0.25, -0.2) is 0 Å². The highest BCUT2D eigenvalue weighted by Crippen LogP contribution is 2.01. The molecule has 0 amide bonds. The van der Waals surface area contributed by atoms with E-state index in [1.54, 1.807) is 0 Å². The van der Waals surface area contributed by atoms with E-state index >= 15 is 0 Å². The van der Waals surface area contributed by atoms with Gasteiger partial charge in [-0.15, -0.1) is 0 Å². The second kappa shape index (κ2) is 5.09. The van der Waals surface area contributed by atoms with Crippen LogP contribution in [0.3, 0.4) is 0 Å². The van der Waals surface area contributed by atoms with Crippen LogP contribution in [0.25, 0.3) is 0 Å². The second-order valence-corrected chi connectivity index (χ2v) is 4.06. The summed E-state index contributed by atoms with van der Waals surface area (Å²) in [6.07, 6.45) is 2.61. The highest BCUT2D eigenvalue weighted by molar-refractivity contribution is 5.71. The molecule has 12 heavy (non-hydrogen) atoms. The Morgan fingerprint density at radius 1 is 1.50 bits per heavy atom. The quantitative estimate of drug-likeness (QED) is 0.387. The standard InChI is InChI=1S/C10H19NO/c1-9(8-12)6-5-7-11-10(2,3)4/h8,11H,1,5-7H2,2-4H3. The molecule has 0 aromatic heterocycles. The van der Waals surface area contributed by atoms with E-state index in [1.165, 1.54) is 0 Å². The molecule has 2 nitrogen and oxygen atoms in total. The van der Waals surface area contributed by atoms with Crippen molar-refractivity contribution in [2.75, 3.05) is 6.54 Å². The van der Waals surface area contributed by atoms with Gasteiger partial charge in [-0.1, -0.05) is 6.58 Å². The van der Waals surface area contributed by atoms with Crippen LogP contribution < -0.4 is 5.32 Å². The van der Waals surface area contributed by atoms with Gasteiger partial charge in [0.1, 0.15) is 6.29 Å². The molecule has 0 spiro atoms. The Kier molecular flexibility index (Phi) is 4.83. The van der Waals surface area contributed by atoms with Gasteiger partial charge < -0.3 is 5.32 Å². The minimum atomic E-state index is 0.169. The zero-order chi connectivity index (χ0) is 9.61. The van der Waals surface area contributed by atoms with E-state index in [2.05, 4.69) is 32.7 Å². The molecule has 0 aliphatic rings. The summed E-state index contributed by atoms with van der Waals surface area (Å²) >= 11 is 0. The number of hydrogen-bond donors (Lipinski definition) is 1. The first-order chi connectivity index (χ1) is 5.45. The molecular formula is C10H19NO. The summed E-state index contributed by atoms with van der Waals surface area (Å²) in [6, 6.07) is 0. The van der Waals surface area contributed by atoms with Crippen LogP contribution in [-0.4, -0.2) is 18.4 Å². The van der Waals surface area contributed by atoms with Crippen molar-refractivity contribution in [3.63, 3.8) is 0 Å². The Hall–Kier alpha value is -0.630. The summed E-state index contributed by atoms with van der Waals surface area (Å²) in [5.41, 5.74) is 0.855. The molecule has 0 bridgehead atoms. The van der Waals surface area contributed by atoms with E-state index in [1.807, 2.05) is 0 Å². The molecule has 0 aliphatic carbocycles. The van der Waals surface area contributed by atoms with Crippen LogP contribution in [0.5, 0.6) is 0 Å². The average Bonchev–Trinajstić information content (AvgIpc) is 1.96. The molecule has 0 rings (SSSR count). The molecule has 1 N–H and O–H groups in total. The summed E-state index contributed by atoms with van der Waals surface area (Å²) in [5, 5.41) is 3.34. The topological polar surface area (TPSA) is 29.1 Å². The number of carbonyl (C=O) groups excluding carboxylic acids is 1. The summed E-state index contributed by atoms with van der Waals surface area (Å²) in [5.74, 6) is 0. The largest absolute Gasteiger partial charge is 0.312 e. The number of allylic oxidation sites excluding steroid dienone is 1. The Balaban J connectivity index is 3.34. The molecule has 0 aliphatic heterocycles. The highest BCUT2D eigenvalue weighted by Gasteiger charge is 2.06. The lowest BCUT2D eigenvalue weighted by Gasteiger charge is -2.20. The summed E-state index contributed by atoms with van der Waals surface area (Å²) < 4.78 is 0. The van der Waals surface area contributed by atoms with Gasteiger partial charge in [-0.05, 0) is 45.7 Å². The molecule has 70 valence electrons. The van der Waals surface area contributed by atoms with E-state index in [4.69, 9.17) is 0 Å². The Morgan fingerprint density at radius 3 is 2.50 bits per heavy atom. The van der Waals surface area contributed by atoms with Crippen molar-refractivity contribution < 1.29 is 4.79 Å². The minimum Gasteiger partial charge on any atom is -0.312 e. The smallest absolute Gasteiger partial charge is 0.145 e. The van der Waals surface area contributed by atoms with Gasteiger partial charge in [0.05, 0.1) is 0 Å². The number of carbonyl (C=O) groups is 1. The molecule has 0 saturated heterocycles. The average molecular weight is 169 g/mol. The first-order valence-electron chi connectivity index (χ1n) is 4.34. The van der Waals surface area contributed by atoms with Gasteiger partial charge in [0.25, 0.3) is 0 Å². The molecule has 0 atom stereocenters. The fraction of sp³-hybridized carbons (Fsp3) is 0.700. The number of rotatable bonds is 5. The van der Waals surface area contributed by atoms with Crippen LogP contribution in [0, 0.1) is 0 Å². The third-order valence-electron chi connectivity index (χ3n) is 1.50. The third-order valence-corrected chi connectivity index (χ3v) is 1.50. The van der Waals surface area contributed by atoms with Crippen molar-refractivity contribution in [1.29, 1.82) is 0 Å². The molecular weight excluding hydrogens is 150 g/mol. The summed E-state index contributed by atoms with van der Waals surface area (Å²) in [6.45, 7) is 10.9. The fourth-order valence-corrected chi connectivity index (χ4v) is 0.838. The summed E-state index contributed by atoms with van der Waals surface area (Å²) in [4.78, 5) is 10.2. The van der Waals surface area contributed by atoms with Gasteiger partial charge in [0.15, 0.2) is 0 Å². The Morgan fingerprint density at radius 2 is 2.08 bits per heavy atom. The minimum absolute atomic E-state index is 0.169. The second-order valence-electron chi connectivity index (χ2n) is 4.06. The van der Waals surface area contributed by atoms with Gasteiger partial charge in [-0.3, -0.25) is 4.79 Å². The maximum Gasteiger partial charge on any atom is 0.145 e.